The van der Waals surface area contributed by atoms with Gasteiger partial charge in [0.2, 0.25) is 0 Å². The van der Waals surface area contributed by atoms with Gasteiger partial charge in [-0.1, -0.05) is 33.3 Å². The van der Waals surface area contributed by atoms with Gasteiger partial charge in [-0.15, -0.1) is 6.58 Å². The van der Waals surface area contributed by atoms with Crippen LogP contribution in [0.25, 0.3) is 0 Å². The number of hydrogen-bond acceptors (Lipinski definition) is 6. The van der Waals surface area contributed by atoms with E-state index in [0.717, 1.165) is 6.42 Å². The number of methoxy groups -OCH3 is 1. The summed E-state index contributed by atoms with van der Waals surface area (Å²) in [7, 11) is 1.24. The fourth-order valence-electron chi connectivity index (χ4n) is 2.77. The summed E-state index contributed by atoms with van der Waals surface area (Å²) in [5, 5.41) is 0. The van der Waals surface area contributed by atoms with Gasteiger partial charge in [0.15, 0.2) is 11.6 Å². The quantitative estimate of drug-likeness (QED) is 0.110. The van der Waals surface area contributed by atoms with E-state index in [2.05, 4.69) is 12.1 Å². The van der Waals surface area contributed by atoms with Crippen molar-refractivity contribution in [2.45, 2.75) is 40.0 Å². The van der Waals surface area contributed by atoms with Crippen molar-refractivity contribution in [3.05, 3.63) is 23.9 Å². The Morgan fingerprint density at radius 2 is 2.04 bits per heavy atom. The van der Waals surface area contributed by atoms with E-state index in [1.165, 1.54) is 7.11 Å². The van der Waals surface area contributed by atoms with Crippen LogP contribution < -0.4 is 5.48 Å². The molecule has 6 nitrogen and oxygen atoms in total. The fourth-order valence-corrected chi connectivity index (χ4v) is 2.77. The van der Waals surface area contributed by atoms with E-state index in [9.17, 15) is 14.4 Å². The van der Waals surface area contributed by atoms with Crippen LogP contribution in [-0.4, -0.2) is 60.8 Å². The molecule has 0 radical (unpaired) electrons. The van der Waals surface area contributed by atoms with E-state index in [1.54, 1.807) is 19.9 Å². The van der Waals surface area contributed by atoms with Crippen LogP contribution in [-0.2, 0) is 24.0 Å². The molecule has 1 unspecified atom stereocenters. The number of carbonyl (C=O) groups is 3. The molecule has 0 amide bonds. The third-order valence-corrected chi connectivity index (χ3v) is 3.82. The Kier molecular flexibility index (Phi) is 9.73. The van der Waals surface area contributed by atoms with Crippen molar-refractivity contribution in [2.24, 2.45) is 11.3 Å². The minimum atomic E-state index is -0.992. The van der Waals surface area contributed by atoms with Crippen molar-refractivity contribution in [3.8, 4) is 0 Å². The van der Waals surface area contributed by atoms with Gasteiger partial charge in [0.1, 0.15) is 5.92 Å². The molecule has 0 aromatic rings. The first-order valence-electron chi connectivity index (χ1n) is 7.67. The van der Waals surface area contributed by atoms with Crippen LogP contribution in [0.4, 0.5) is 0 Å². The number of carbonyl (C=O) groups excluding carboxylic acids is 3. The van der Waals surface area contributed by atoms with E-state index >= 15 is 0 Å². The number of nitrogens with one attached hydrogen (secondary N) is 1. The molecule has 0 spiro atoms. The zero-order valence-electron chi connectivity index (χ0n) is 14.2. The monoisotopic (exact) mass is 347 g/mol. The molecule has 1 rings (SSSR count). The van der Waals surface area contributed by atoms with Crippen LogP contribution in [0.15, 0.2) is 23.9 Å². The van der Waals surface area contributed by atoms with Crippen LogP contribution >= 0.6 is 0 Å². The second kappa shape index (κ2) is 10.1. The zero-order chi connectivity index (χ0) is 17.6. The number of ketones is 2. The summed E-state index contributed by atoms with van der Waals surface area (Å²) in [4.78, 5) is 42.5. The Labute approximate surface area is 165 Å². The van der Waals surface area contributed by atoms with Crippen LogP contribution in [0, 0.1) is 11.3 Å². The van der Waals surface area contributed by atoms with Crippen LogP contribution in [0.1, 0.15) is 40.0 Å². The van der Waals surface area contributed by atoms with E-state index in [-0.39, 0.29) is 53.9 Å². The first-order chi connectivity index (χ1) is 10.8. The van der Waals surface area contributed by atoms with Gasteiger partial charge >= 0.3 is 35.5 Å². The third kappa shape index (κ3) is 5.28. The molecule has 1 N–H and O–H groups in total. The number of rotatable bonds is 7. The van der Waals surface area contributed by atoms with Gasteiger partial charge in [-0.2, -0.15) is 0 Å². The van der Waals surface area contributed by atoms with Crippen molar-refractivity contribution in [2.75, 3.05) is 13.7 Å². The molecule has 130 valence electrons. The van der Waals surface area contributed by atoms with E-state index in [4.69, 9.17) is 9.57 Å². The summed E-state index contributed by atoms with van der Waals surface area (Å²) in [5.41, 5.74) is 2.33. The number of allylic oxidation sites excluding steroid dienone is 2. The standard InChI is InChI=1S/C17H25NO5.Na.H/c1-6-8-11(18-23-9-7-2)13-12(19)10-17(3,4)14(15(13)20)16(21)22-5;;/h7,14,18H,2,6,8-10H2,1,3-5H3;;/b13-11+;;. The van der Waals surface area contributed by atoms with Gasteiger partial charge in [-0.3, -0.25) is 24.7 Å². The molecule has 1 aliphatic rings. The predicted octanol–water partition coefficient (Wildman–Crippen LogP) is 1.46. The summed E-state index contributed by atoms with van der Waals surface area (Å²) in [6, 6.07) is 0. The summed E-state index contributed by atoms with van der Waals surface area (Å²) < 4.78 is 4.76. The summed E-state index contributed by atoms with van der Waals surface area (Å²) in [6.07, 6.45) is 2.84. The molecule has 1 aliphatic carbocycles. The average Bonchev–Trinajstić information content (AvgIpc) is 2.45. The summed E-state index contributed by atoms with van der Waals surface area (Å²) in [5.74, 6) is -2.39. The molecule has 0 aliphatic heterocycles. The SMILES string of the molecule is C=CCON/C(CCC)=C1\C(=O)CC(C)(C)C(C(=O)OC)C1=O.[NaH]. The summed E-state index contributed by atoms with van der Waals surface area (Å²) in [6.45, 7) is 9.14. The van der Waals surface area contributed by atoms with Crippen LogP contribution in [0.3, 0.4) is 0 Å². The molecule has 0 heterocycles. The molecule has 0 aromatic carbocycles. The number of Topliss-reactive ketones (excluding diaryl/α,β-unsaturated/α-hetero) is 2. The Bertz CT molecular complexity index is 539. The Morgan fingerprint density at radius 1 is 1.42 bits per heavy atom. The number of ether oxygens (including phenoxy) is 1. The normalized spacial score (nSPS) is 21.6. The molecular weight excluding hydrogens is 321 g/mol. The first-order valence-corrected chi connectivity index (χ1v) is 7.67. The van der Waals surface area contributed by atoms with Crippen molar-refractivity contribution in [1.82, 2.24) is 5.48 Å². The van der Waals surface area contributed by atoms with Crippen molar-refractivity contribution < 1.29 is 24.0 Å². The molecule has 0 aromatic heterocycles. The van der Waals surface area contributed by atoms with Crippen LogP contribution in [0.2, 0.25) is 0 Å². The second-order valence-corrected chi connectivity index (χ2v) is 6.21. The molecule has 1 saturated carbocycles. The predicted molar refractivity (Wildman–Crippen MR) is 92.3 cm³/mol. The van der Waals surface area contributed by atoms with E-state index in [1.807, 2.05) is 6.92 Å². The maximum absolute atomic E-state index is 12.8. The maximum atomic E-state index is 12.8. The zero-order valence-corrected chi connectivity index (χ0v) is 14.2. The van der Waals surface area contributed by atoms with Crippen molar-refractivity contribution >= 4 is 47.1 Å². The summed E-state index contributed by atoms with van der Waals surface area (Å²) >= 11 is 0. The van der Waals surface area contributed by atoms with Gasteiger partial charge in [-0.25, -0.2) is 0 Å². The Hall–Kier alpha value is -0.950. The average molecular weight is 347 g/mol. The minimum absolute atomic E-state index is 0. The van der Waals surface area contributed by atoms with Crippen molar-refractivity contribution in [1.29, 1.82) is 0 Å². The van der Waals surface area contributed by atoms with Gasteiger partial charge in [-0.05, 0) is 11.8 Å². The first kappa shape index (κ1) is 23.1. The van der Waals surface area contributed by atoms with Crippen molar-refractivity contribution in [3.63, 3.8) is 0 Å². The molecule has 1 atom stereocenters. The molecule has 7 heteroatoms. The third-order valence-electron chi connectivity index (χ3n) is 3.82. The fraction of sp³-hybridized carbons (Fsp3) is 0.588. The second-order valence-electron chi connectivity index (χ2n) is 6.21. The number of hydroxylamine groups is 1. The van der Waals surface area contributed by atoms with Gasteiger partial charge in [0.05, 0.1) is 25.0 Å². The Morgan fingerprint density at radius 3 is 2.54 bits per heavy atom. The number of esters is 1. The van der Waals surface area contributed by atoms with Gasteiger partial charge in [0.25, 0.3) is 0 Å². The number of hydrogen-bond donors (Lipinski definition) is 1. The molecule has 1 fully saturated rings. The van der Waals surface area contributed by atoms with E-state index in [0.29, 0.717) is 12.1 Å². The van der Waals surface area contributed by atoms with Gasteiger partial charge < -0.3 is 4.74 Å². The van der Waals surface area contributed by atoms with E-state index < -0.39 is 23.1 Å². The molecule has 24 heavy (non-hydrogen) atoms. The topological polar surface area (TPSA) is 81.7 Å². The molecule has 0 saturated heterocycles. The molecule has 0 bridgehead atoms. The van der Waals surface area contributed by atoms with Crippen LogP contribution in [0.5, 0.6) is 0 Å². The van der Waals surface area contributed by atoms with Gasteiger partial charge in [0, 0.05) is 6.42 Å². The Balaban J connectivity index is 0.00000529. The molecular formula is C17H26NNaO5.